The normalized spacial score (nSPS) is 29.0. The third-order valence-corrected chi connectivity index (χ3v) is 3.38. The molecule has 0 unspecified atom stereocenters. The number of hydrogen-bond donors (Lipinski definition) is 2. The van der Waals surface area contributed by atoms with Crippen LogP contribution in [0.1, 0.15) is 32.1 Å². The molecule has 0 aromatic carbocycles. The van der Waals surface area contributed by atoms with Crippen LogP contribution in [0.25, 0.3) is 0 Å². The first-order valence-corrected chi connectivity index (χ1v) is 5.38. The molecule has 0 atom stereocenters. The van der Waals surface area contributed by atoms with Crippen LogP contribution in [0.4, 0.5) is 0 Å². The van der Waals surface area contributed by atoms with E-state index in [0.29, 0.717) is 0 Å². The molecule has 1 aliphatic carbocycles. The molecule has 1 saturated heterocycles. The summed E-state index contributed by atoms with van der Waals surface area (Å²) < 4.78 is 0. The molecule has 0 amide bonds. The Morgan fingerprint density at radius 2 is 1.42 bits per heavy atom. The van der Waals surface area contributed by atoms with Gasteiger partial charge in [-0.15, -0.1) is 0 Å². The summed E-state index contributed by atoms with van der Waals surface area (Å²) in [6.07, 6.45) is 7.38. The third kappa shape index (κ3) is 1.99. The van der Waals surface area contributed by atoms with Gasteiger partial charge in [0.05, 0.1) is 0 Å². The third-order valence-electron chi connectivity index (χ3n) is 3.38. The highest BCUT2D eigenvalue weighted by Gasteiger charge is 2.24. The van der Waals surface area contributed by atoms with Crippen LogP contribution in [-0.2, 0) is 0 Å². The van der Waals surface area contributed by atoms with E-state index in [1.165, 1.54) is 45.2 Å². The molecule has 1 saturated carbocycles. The largest absolute Gasteiger partial charge is 0.304 e. The van der Waals surface area contributed by atoms with Crippen molar-refractivity contribution in [2.24, 2.45) is 11.8 Å². The van der Waals surface area contributed by atoms with Gasteiger partial charge in [0.15, 0.2) is 0 Å². The number of hydrogen-bond acceptors (Lipinski definition) is 2. The summed E-state index contributed by atoms with van der Waals surface area (Å²) in [5.74, 6) is 1.93. The number of nitrogens with one attached hydrogen (secondary N) is 2. The number of rotatable bonds is 1. The molecule has 0 bridgehead atoms. The van der Waals surface area contributed by atoms with Crippen molar-refractivity contribution in [1.82, 2.24) is 10.6 Å². The van der Waals surface area contributed by atoms with Gasteiger partial charge in [-0.25, -0.2) is 0 Å². The average molecular weight is 168 g/mol. The SMILES string of the molecule is C1CCC(C2CNCNC2)CC1. The Morgan fingerprint density at radius 3 is 2.08 bits per heavy atom. The van der Waals surface area contributed by atoms with Crippen molar-refractivity contribution < 1.29 is 0 Å². The Morgan fingerprint density at radius 1 is 0.750 bits per heavy atom. The topological polar surface area (TPSA) is 24.1 Å². The minimum absolute atomic E-state index is 0.916. The van der Waals surface area contributed by atoms with E-state index in [4.69, 9.17) is 0 Å². The molecule has 2 rings (SSSR count). The molecular weight excluding hydrogens is 148 g/mol. The van der Waals surface area contributed by atoms with Crippen LogP contribution >= 0.6 is 0 Å². The van der Waals surface area contributed by atoms with E-state index in [1.54, 1.807) is 0 Å². The molecule has 70 valence electrons. The van der Waals surface area contributed by atoms with Gasteiger partial charge in [-0.2, -0.15) is 0 Å². The molecule has 2 fully saturated rings. The van der Waals surface area contributed by atoms with Crippen LogP contribution in [-0.4, -0.2) is 19.8 Å². The van der Waals surface area contributed by atoms with Gasteiger partial charge in [0.1, 0.15) is 0 Å². The molecule has 0 spiro atoms. The van der Waals surface area contributed by atoms with Crippen LogP contribution in [0.3, 0.4) is 0 Å². The van der Waals surface area contributed by atoms with Gasteiger partial charge in [-0.1, -0.05) is 32.1 Å². The Hall–Kier alpha value is -0.0800. The van der Waals surface area contributed by atoms with Gasteiger partial charge in [0.25, 0.3) is 0 Å². The zero-order valence-corrected chi connectivity index (χ0v) is 7.81. The summed E-state index contributed by atoms with van der Waals surface area (Å²) >= 11 is 0. The monoisotopic (exact) mass is 168 g/mol. The Bertz CT molecular complexity index is 108. The fraction of sp³-hybridized carbons (Fsp3) is 1.00. The molecule has 12 heavy (non-hydrogen) atoms. The summed E-state index contributed by atoms with van der Waals surface area (Å²) in [6, 6.07) is 0. The molecule has 2 N–H and O–H groups in total. The predicted molar refractivity (Wildman–Crippen MR) is 50.9 cm³/mol. The van der Waals surface area contributed by atoms with Crippen LogP contribution in [0.5, 0.6) is 0 Å². The Labute approximate surface area is 75.1 Å². The zero-order valence-electron chi connectivity index (χ0n) is 7.81. The minimum Gasteiger partial charge on any atom is -0.304 e. The molecular formula is C10H20N2. The molecule has 1 aliphatic heterocycles. The van der Waals surface area contributed by atoms with Crippen molar-refractivity contribution in [1.29, 1.82) is 0 Å². The molecule has 1 heterocycles. The van der Waals surface area contributed by atoms with Crippen LogP contribution in [0.2, 0.25) is 0 Å². The quantitative estimate of drug-likeness (QED) is 0.617. The van der Waals surface area contributed by atoms with E-state index < -0.39 is 0 Å². The predicted octanol–water partition coefficient (Wildman–Crippen LogP) is 1.33. The van der Waals surface area contributed by atoms with Crippen LogP contribution in [0.15, 0.2) is 0 Å². The first-order valence-electron chi connectivity index (χ1n) is 5.38. The lowest BCUT2D eigenvalue weighted by Crippen LogP contribution is -2.46. The van der Waals surface area contributed by atoms with E-state index in [-0.39, 0.29) is 0 Å². The van der Waals surface area contributed by atoms with Crippen LogP contribution in [0, 0.1) is 11.8 Å². The van der Waals surface area contributed by atoms with Gasteiger partial charge in [-0.3, -0.25) is 0 Å². The summed E-state index contributed by atoms with van der Waals surface area (Å²) in [5, 5.41) is 6.84. The second kappa shape index (κ2) is 4.24. The summed E-state index contributed by atoms with van der Waals surface area (Å²) in [7, 11) is 0. The van der Waals surface area contributed by atoms with E-state index in [9.17, 15) is 0 Å². The van der Waals surface area contributed by atoms with E-state index in [2.05, 4.69) is 10.6 Å². The van der Waals surface area contributed by atoms with Gasteiger partial charge in [0.2, 0.25) is 0 Å². The van der Waals surface area contributed by atoms with Crippen molar-refractivity contribution in [3.05, 3.63) is 0 Å². The van der Waals surface area contributed by atoms with Crippen LogP contribution < -0.4 is 10.6 Å². The molecule has 2 nitrogen and oxygen atoms in total. The maximum absolute atomic E-state index is 3.42. The van der Waals surface area contributed by atoms with Crippen molar-refractivity contribution in [3.8, 4) is 0 Å². The second-order valence-electron chi connectivity index (χ2n) is 4.24. The molecule has 2 heteroatoms. The highest BCUT2D eigenvalue weighted by molar-refractivity contribution is 4.79. The van der Waals surface area contributed by atoms with E-state index in [1.807, 2.05) is 0 Å². The first kappa shape index (κ1) is 8.52. The maximum Gasteiger partial charge on any atom is 0.0454 e. The second-order valence-corrected chi connectivity index (χ2v) is 4.24. The first-order chi connectivity index (χ1) is 5.97. The van der Waals surface area contributed by atoms with E-state index >= 15 is 0 Å². The maximum atomic E-state index is 3.42. The zero-order chi connectivity index (χ0) is 8.23. The lowest BCUT2D eigenvalue weighted by atomic mass is 9.79. The summed E-state index contributed by atoms with van der Waals surface area (Å²) in [4.78, 5) is 0. The summed E-state index contributed by atoms with van der Waals surface area (Å²) in [5.41, 5.74) is 0. The van der Waals surface area contributed by atoms with Gasteiger partial charge in [0, 0.05) is 19.8 Å². The summed E-state index contributed by atoms with van der Waals surface area (Å²) in [6.45, 7) is 3.51. The molecule has 0 aromatic rings. The lowest BCUT2D eigenvalue weighted by Gasteiger charge is -2.33. The smallest absolute Gasteiger partial charge is 0.0454 e. The standard InChI is InChI=1S/C10H20N2/c1-2-4-9(5-3-1)10-6-11-8-12-7-10/h9-12H,1-8H2. The van der Waals surface area contributed by atoms with Gasteiger partial charge < -0.3 is 10.6 Å². The lowest BCUT2D eigenvalue weighted by molar-refractivity contribution is 0.212. The average Bonchev–Trinajstić information content (AvgIpc) is 2.21. The molecule has 2 aliphatic rings. The van der Waals surface area contributed by atoms with Crippen molar-refractivity contribution in [3.63, 3.8) is 0 Å². The fourth-order valence-corrected chi connectivity index (χ4v) is 2.61. The Balaban J connectivity index is 1.80. The van der Waals surface area contributed by atoms with Crippen molar-refractivity contribution in [2.45, 2.75) is 32.1 Å². The van der Waals surface area contributed by atoms with Crippen molar-refractivity contribution in [2.75, 3.05) is 19.8 Å². The van der Waals surface area contributed by atoms with E-state index in [0.717, 1.165) is 18.5 Å². The van der Waals surface area contributed by atoms with Crippen molar-refractivity contribution >= 4 is 0 Å². The minimum atomic E-state index is 0.916. The fourth-order valence-electron chi connectivity index (χ4n) is 2.61. The Kier molecular flexibility index (Phi) is 3.01. The highest BCUT2D eigenvalue weighted by Crippen LogP contribution is 2.29. The highest BCUT2D eigenvalue weighted by atomic mass is 15.1. The van der Waals surface area contributed by atoms with Gasteiger partial charge >= 0.3 is 0 Å². The molecule has 0 aromatic heterocycles. The van der Waals surface area contributed by atoms with Gasteiger partial charge in [-0.05, 0) is 11.8 Å². The molecule has 0 radical (unpaired) electrons.